The van der Waals surface area contributed by atoms with Gasteiger partial charge in [0.25, 0.3) is 0 Å². The lowest BCUT2D eigenvalue weighted by Crippen LogP contribution is -2.33. The highest BCUT2D eigenvalue weighted by Crippen LogP contribution is 2.24. The minimum atomic E-state index is 0. The van der Waals surface area contributed by atoms with Crippen molar-refractivity contribution in [1.29, 1.82) is 0 Å². The topological polar surface area (TPSA) is 41.1 Å². The molecule has 2 aromatic carbocycles. The third-order valence-corrected chi connectivity index (χ3v) is 5.30. The Morgan fingerprint density at radius 2 is 1.78 bits per heavy atom. The van der Waals surface area contributed by atoms with Crippen molar-refractivity contribution in [3.63, 3.8) is 0 Å². The normalized spacial score (nSPS) is 17.6. The van der Waals surface area contributed by atoms with Crippen LogP contribution in [0, 0.1) is 5.92 Å². The first kappa shape index (κ1) is 21.5. The minimum Gasteiger partial charge on any atom is -0.356 e. The zero-order valence-electron chi connectivity index (χ0n) is 15.9. The van der Waals surface area contributed by atoms with Crippen LogP contribution in [0.5, 0.6) is 0 Å². The van der Waals surface area contributed by atoms with Gasteiger partial charge in [-0.25, -0.2) is 0 Å². The minimum absolute atomic E-state index is 0. The highest BCUT2D eigenvalue weighted by atomic mass is 35.5. The number of amides is 1. The van der Waals surface area contributed by atoms with Crippen LogP contribution < -0.4 is 10.6 Å². The van der Waals surface area contributed by atoms with Gasteiger partial charge in [-0.2, -0.15) is 0 Å². The van der Waals surface area contributed by atoms with Crippen molar-refractivity contribution in [3.05, 3.63) is 71.8 Å². The molecule has 2 N–H and O–H groups in total. The molecule has 0 aliphatic carbocycles. The summed E-state index contributed by atoms with van der Waals surface area (Å²) < 4.78 is 0. The van der Waals surface area contributed by atoms with Crippen molar-refractivity contribution in [3.8, 4) is 0 Å². The molecule has 1 amide bonds. The van der Waals surface area contributed by atoms with Gasteiger partial charge in [0.2, 0.25) is 5.91 Å². The van der Waals surface area contributed by atoms with Gasteiger partial charge >= 0.3 is 0 Å². The summed E-state index contributed by atoms with van der Waals surface area (Å²) >= 11 is 0. The Kier molecular flexibility index (Phi) is 9.37. The second-order valence-electron chi connectivity index (χ2n) is 7.35. The molecular formula is C23H31ClN2O. The van der Waals surface area contributed by atoms with Gasteiger partial charge in [0.05, 0.1) is 0 Å². The predicted octanol–water partition coefficient (Wildman–Crippen LogP) is 4.33. The van der Waals surface area contributed by atoms with Crippen molar-refractivity contribution in [2.75, 3.05) is 19.6 Å². The van der Waals surface area contributed by atoms with Crippen LogP contribution in [-0.4, -0.2) is 25.5 Å². The fourth-order valence-corrected chi connectivity index (χ4v) is 3.81. The van der Waals surface area contributed by atoms with E-state index in [1.165, 1.54) is 24.0 Å². The molecule has 146 valence electrons. The monoisotopic (exact) mass is 386 g/mol. The third-order valence-electron chi connectivity index (χ3n) is 5.30. The van der Waals surface area contributed by atoms with Gasteiger partial charge in [0.1, 0.15) is 0 Å². The molecule has 4 heteroatoms. The molecule has 1 heterocycles. The number of hydrogen-bond acceptors (Lipinski definition) is 2. The Balaban J connectivity index is 0.00000261. The van der Waals surface area contributed by atoms with Gasteiger partial charge < -0.3 is 10.6 Å². The molecule has 0 saturated carbocycles. The van der Waals surface area contributed by atoms with E-state index >= 15 is 0 Å². The Labute approximate surface area is 169 Å². The first-order chi connectivity index (χ1) is 12.8. The standard InChI is InChI=1S/C23H30N2O.ClH/c26-23(25-15-13-20-10-7-14-24-18-20)17-22(21-11-5-2-6-12-21)16-19-8-3-1-4-9-19;/h1-6,8-9,11-12,20,22,24H,7,10,13-18H2,(H,25,26);1H. The quantitative estimate of drug-likeness (QED) is 0.708. The fraction of sp³-hybridized carbons (Fsp3) is 0.435. The second-order valence-corrected chi connectivity index (χ2v) is 7.35. The Morgan fingerprint density at radius 3 is 2.44 bits per heavy atom. The summed E-state index contributed by atoms with van der Waals surface area (Å²) in [5.74, 6) is 1.09. The summed E-state index contributed by atoms with van der Waals surface area (Å²) in [5.41, 5.74) is 2.52. The summed E-state index contributed by atoms with van der Waals surface area (Å²) in [6.45, 7) is 3.02. The molecule has 0 aromatic heterocycles. The second kappa shape index (κ2) is 11.8. The van der Waals surface area contributed by atoms with Crippen LogP contribution >= 0.6 is 12.4 Å². The average Bonchev–Trinajstić information content (AvgIpc) is 2.70. The summed E-state index contributed by atoms with van der Waals surface area (Å²) in [6.07, 6.45) is 5.05. The number of halogens is 1. The van der Waals surface area contributed by atoms with Gasteiger partial charge in [-0.1, -0.05) is 60.7 Å². The van der Waals surface area contributed by atoms with Crippen LogP contribution in [0.2, 0.25) is 0 Å². The van der Waals surface area contributed by atoms with Gasteiger partial charge in [-0.3, -0.25) is 4.79 Å². The lowest BCUT2D eigenvalue weighted by molar-refractivity contribution is -0.121. The van der Waals surface area contributed by atoms with E-state index in [2.05, 4.69) is 59.2 Å². The molecule has 3 nitrogen and oxygen atoms in total. The highest BCUT2D eigenvalue weighted by molar-refractivity contribution is 5.85. The zero-order chi connectivity index (χ0) is 18.0. The summed E-state index contributed by atoms with van der Waals surface area (Å²) in [5, 5.41) is 6.59. The van der Waals surface area contributed by atoms with Gasteiger partial charge in [0.15, 0.2) is 0 Å². The third kappa shape index (κ3) is 7.36. The maximum atomic E-state index is 12.5. The molecular weight excluding hydrogens is 356 g/mol. The molecule has 0 spiro atoms. The first-order valence-electron chi connectivity index (χ1n) is 9.87. The number of hydrogen-bond donors (Lipinski definition) is 2. The van der Waals surface area contributed by atoms with Crippen molar-refractivity contribution in [2.45, 2.75) is 38.0 Å². The van der Waals surface area contributed by atoms with E-state index in [1.54, 1.807) is 0 Å². The molecule has 2 atom stereocenters. The summed E-state index contributed by atoms with van der Waals surface area (Å²) in [6, 6.07) is 20.9. The lowest BCUT2D eigenvalue weighted by Gasteiger charge is -2.23. The van der Waals surface area contributed by atoms with Crippen molar-refractivity contribution in [1.82, 2.24) is 10.6 Å². The number of benzene rings is 2. The van der Waals surface area contributed by atoms with Crippen LogP contribution in [0.4, 0.5) is 0 Å². The predicted molar refractivity (Wildman–Crippen MR) is 114 cm³/mol. The largest absolute Gasteiger partial charge is 0.356 e. The van der Waals surface area contributed by atoms with E-state index in [0.717, 1.165) is 32.5 Å². The van der Waals surface area contributed by atoms with Gasteiger partial charge in [-0.15, -0.1) is 12.4 Å². The number of rotatable bonds is 8. The van der Waals surface area contributed by atoms with Crippen molar-refractivity contribution < 1.29 is 4.79 Å². The first-order valence-corrected chi connectivity index (χ1v) is 9.87. The molecule has 0 bridgehead atoms. The van der Waals surface area contributed by atoms with Gasteiger partial charge in [-0.05, 0) is 61.7 Å². The van der Waals surface area contributed by atoms with E-state index < -0.39 is 0 Å². The molecule has 1 fully saturated rings. The van der Waals surface area contributed by atoms with Crippen LogP contribution in [0.1, 0.15) is 42.7 Å². The maximum absolute atomic E-state index is 12.5. The van der Waals surface area contributed by atoms with Crippen LogP contribution in [0.25, 0.3) is 0 Å². The highest BCUT2D eigenvalue weighted by Gasteiger charge is 2.17. The molecule has 27 heavy (non-hydrogen) atoms. The van der Waals surface area contributed by atoms with E-state index in [-0.39, 0.29) is 24.2 Å². The van der Waals surface area contributed by atoms with E-state index in [9.17, 15) is 4.79 Å². The summed E-state index contributed by atoms with van der Waals surface area (Å²) in [7, 11) is 0. The SMILES string of the molecule is Cl.O=C(CC(Cc1ccccc1)c1ccccc1)NCCC1CCCNC1. The number of carbonyl (C=O) groups is 1. The van der Waals surface area contributed by atoms with E-state index in [4.69, 9.17) is 0 Å². The van der Waals surface area contributed by atoms with E-state index in [1.807, 2.05) is 12.1 Å². The van der Waals surface area contributed by atoms with Crippen molar-refractivity contribution >= 4 is 18.3 Å². The zero-order valence-corrected chi connectivity index (χ0v) is 16.7. The molecule has 3 rings (SSSR count). The van der Waals surface area contributed by atoms with E-state index in [0.29, 0.717) is 12.3 Å². The number of carbonyl (C=O) groups excluding carboxylic acids is 1. The molecule has 1 aliphatic rings. The fourth-order valence-electron chi connectivity index (χ4n) is 3.81. The lowest BCUT2D eigenvalue weighted by atomic mass is 9.89. The molecule has 1 aliphatic heterocycles. The number of piperidine rings is 1. The van der Waals surface area contributed by atoms with Crippen molar-refractivity contribution in [2.24, 2.45) is 5.92 Å². The maximum Gasteiger partial charge on any atom is 0.220 e. The van der Waals surface area contributed by atoms with Gasteiger partial charge in [0, 0.05) is 13.0 Å². The molecule has 1 saturated heterocycles. The molecule has 2 unspecified atom stereocenters. The van der Waals surface area contributed by atoms with Crippen LogP contribution in [0.3, 0.4) is 0 Å². The Hall–Kier alpha value is -1.84. The number of nitrogens with one attached hydrogen (secondary N) is 2. The van der Waals surface area contributed by atoms with Crippen LogP contribution in [-0.2, 0) is 11.2 Å². The Bertz CT molecular complexity index is 657. The molecule has 2 aromatic rings. The van der Waals surface area contributed by atoms with Crippen LogP contribution in [0.15, 0.2) is 60.7 Å². The molecule has 0 radical (unpaired) electrons. The average molecular weight is 387 g/mol. The summed E-state index contributed by atoms with van der Waals surface area (Å²) in [4.78, 5) is 12.5. The Morgan fingerprint density at radius 1 is 1.07 bits per heavy atom. The smallest absolute Gasteiger partial charge is 0.220 e.